The molecule has 8 heterocycles. The summed E-state index contributed by atoms with van der Waals surface area (Å²) in [5.41, 5.74) is 3.84. The van der Waals surface area contributed by atoms with E-state index in [2.05, 4.69) is 98.4 Å². The van der Waals surface area contributed by atoms with Gasteiger partial charge >= 0.3 is 0 Å². The minimum atomic E-state index is 0.841. The Morgan fingerprint density at radius 2 is 1.14 bits per heavy atom. The number of aromatic nitrogens is 4. The molecule has 10 nitrogen and oxygen atoms in total. The van der Waals surface area contributed by atoms with Crippen molar-refractivity contribution in [2.45, 2.75) is 25.7 Å². The van der Waals surface area contributed by atoms with Crippen LogP contribution in [0.3, 0.4) is 0 Å². The Morgan fingerprint density at radius 1 is 0.551 bits per heavy atom. The summed E-state index contributed by atoms with van der Waals surface area (Å²) in [5, 5.41) is 7.79. The summed E-state index contributed by atoms with van der Waals surface area (Å²) < 4.78 is 0.841. The van der Waals surface area contributed by atoms with Crippen LogP contribution in [0.5, 0.6) is 0 Å². The predicted octanol–water partition coefficient (Wildman–Crippen LogP) is 6.64. The number of hydrogen-bond donors (Lipinski definition) is 1. The smallest absolute Gasteiger partial charge is 0.202 e. The Labute approximate surface area is 294 Å². The first kappa shape index (κ1) is 31.4. The maximum atomic E-state index is 4.97. The third-order valence-corrected chi connectivity index (χ3v) is 9.74. The summed E-state index contributed by atoms with van der Waals surface area (Å²) in [7, 11) is 0. The van der Waals surface area contributed by atoms with E-state index in [0.29, 0.717) is 0 Å². The second-order valence-electron chi connectivity index (χ2n) is 12.6. The Morgan fingerprint density at radius 3 is 1.88 bits per heavy atom. The van der Waals surface area contributed by atoms with Gasteiger partial charge in [0.2, 0.25) is 5.96 Å². The van der Waals surface area contributed by atoms with Crippen molar-refractivity contribution in [1.29, 1.82) is 0 Å². The van der Waals surface area contributed by atoms with Gasteiger partial charge in [-0.05, 0) is 71.9 Å². The minimum absolute atomic E-state index is 0.841. The molecule has 0 bridgehead atoms. The number of anilines is 1. The maximum Gasteiger partial charge on any atom is 0.202 e. The number of nitrogens with zero attached hydrogens (tertiary/aromatic N) is 9. The van der Waals surface area contributed by atoms with Gasteiger partial charge < -0.3 is 15.1 Å². The molecule has 2 aromatic carbocycles. The van der Waals surface area contributed by atoms with Gasteiger partial charge in [0.05, 0.1) is 22.1 Å². The van der Waals surface area contributed by atoms with Crippen LogP contribution in [-0.2, 0) is 0 Å². The quantitative estimate of drug-likeness (QED) is 0.150. The highest BCUT2D eigenvalue weighted by atomic mass is 79.9. The van der Waals surface area contributed by atoms with Crippen molar-refractivity contribution in [1.82, 2.24) is 35.1 Å². The third-order valence-electron chi connectivity index (χ3n) is 9.30. The molecule has 6 aromatic rings. The molecule has 4 aromatic heterocycles. The molecule has 0 unspecified atom stereocenters. The number of nitrogens with one attached hydrogen (secondary N) is 1. The molecular weight excluding hydrogens is 676 g/mol. The number of rotatable bonds is 1. The zero-order valence-electron chi connectivity index (χ0n) is 27.5. The van der Waals surface area contributed by atoms with Crippen LogP contribution >= 0.6 is 15.9 Å². The predicted molar refractivity (Wildman–Crippen MR) is 203 cm³/mol. The van der Waals surface area contributed by atoms with E-state index in [1.165, 1.54) is 25.9 Å². The van der Waals surface area contributed by atoms with E-state index in [9.17, 15) is 0 Å². The Hall–Kier alpha value is -4.90. The Bertz CT molecular complexity index is 2180. The van der Waals surface area contributed by atoms with E-state index in [1.807, 2.05) is 36.5 Å². The number of pyridine rings is 4. The zero-order chi connectivity index (χ0) is 33.0. The Balaban J connectivity index is 0.000000118. The fraction of sp³-hybridized carbons (Fsp3) is 0.316. The van der Waals surface area contributed by atoms with Crippen molar-refractivity contribution in [3.63, 3.8) is 0 Å². The molecule has 0 atom stereocenters. The summed E-state index contributed by atoms with van der Waals surface area (Å²) >= 11 is 3.38. The maximum absolute atomic E-state index is 4.97. The first-order chi connectivity index (χ1) is 24.2. The molecule has 49 heavy (non-hydrogen) atoms. The van der Waals surface area contributed by atoms with Crippen LogP contribution in [0.4, 0.5) is 5.82 Å². The minimum Gasteiger partial charge on any atom is -0.356 e. The topological polar surface area (TPSA) is 98.0 Å². The molecule has 2 fully saturated rings. The van der Waals surface area contributed by atoms with Crippen LogP contribution in [0.1, 0.15) is 25.7 Å². The summed E-state index contributed by atoms with van der Waals surface area (Å²) in [6.45, 7) is 8.62. The molecular formula is C38H39BrN10. The molecule has 0 radical (unpaired) electrons. The van der Waals surface area contributed by atoms with E-state index in [-0.39, 0.29) is 0 Å². The number of fused-ring (bicyclic) bond motifs is 8. The van der Waals surface area contributed by atoms with Gasteiger partial charge in [0.1, 0.15) is 10.4 Å². The van der Waals surface area contributed by atoms with E-state index in [4.69, 9.17) is 9.98 Å². The van der Waals surface area contributed by atoms with E-state index in [0.717, 1.165) is 118 Å². The average molecular weight is 716 g/mol. The number of aliphatic imine (C=N–C) groups is 2. The molecule has 0 spiro atoms. The van der Waals surface area contributed by atoms with Crippen LogP contribution in [0, 0.1) is 0 Å². The lowest BCUT2D eigenvalue weighted by Crippen LogP contribution is -2.52. The zero-order valence-corrected chi connectivity index (χ0v) is 29.1. The van der Waals surface area contributed by atoms with Crippen molar-refractivity contribution in [3.05, 3.63) is 89.8 Å². The second-order valence-corrected chi connectivity index (χ2v) is 13.4. The monoisotopic (exact) mass is 714 g/mol. The molecule has 0 saturated carbocycles. The van der Waals surface area contributed by atoms with Crippen LogP contribution in [0.25, 0.3) is 43.6 Å². The normalized spacial score (nSPS) is 17.2. The van der Waals surface area contributed by atoms with Crippen molar-refractivity contribution in [2.24, 2.45) is 9.98 Å². The van der Waals surface area contributed by atoms with Crippen LogP contribution < -0.4 is 10.2 Å². The van der Waals surface area contributed by atoms with Crippen LogP contribution in [0.2, 0.25) is 0 Å². The highest BCUT2D eigenvalue weighted by Gasteiger charge is 2.27. The van der Waals surface area contributed by atoms with Gasteiger partial charge in [-0.1, -0.05) is 42.5 Å². The van der Waals surface area contributed by atoms with E-state index >= 15 is 0 Å². The number of halogens is 1. The van der Waals surface area contributed by atoms with Crippen LogP contribution in [0.15, 0.2) is 99.8 Å². The van der Waals surface area contributed by atoms with Gasteiger partial charge in [0, 0.05) is 86.3 Å². The molecule has 0 amide bonds. The van der Waals surface area contributed by atoms with Gasteiger partial charge in [0.15, 0.2) is 5.96 Å². The van der Waals surface area contributed by atoms with Gasteiger partial charge in [-0.2, -0.15) is 0 Å². The van der Waals surface area contributed by atoms with Gasteiger partial charge in [-0.15, -0.1) is 0 Å². The largest absolute Gasteiger partial charge is 0.356 e. The lowest BCUT2D eigenvalue weighted by Gasteiger charge is -2.40. The highest BCUT2D eigenvalue weighted by Crippen LogP contribution is 2.27. The SMILES string of the molecule is Brc1ccc2ccc3cccnc3c2n1.C1CN=C2NCCCN2C1.c1cnc2c(c1)ccc1ccc(N3CCCN4CCCN=C43)nc12. The van der Waals surface area contributed by atoms with E-state index in [1.54, 1.807) is 6.20 Å². The fourth-order valence-electron chi connectivity index (χ4n) is 6.92. The number of guanidine groups is 2. The molecule has 0 aliphatic carbocycles. The van der Waals surface area contributed by atoms with Crippen LogP contribution in [-0.4, -0.2) is 94.0 Å². The van der Waals surface area contributed by atoms with Gasteiger partial charge in [0.25, 0.3) is 0 Å². The number of hydrogen-bond acceptors (Lipinski definition) is 10. The summed E-state index contributed by atoms with van der Waals surface area (Å²) in [5.74, 6) is 3.20. The lowest BCUT2D eigenvalue weighted by molar-refractivity contribution is 0.346. The highest BCUT2D eigenvalue weighted by molar-refractivity contribution is 9.10. The average Bonchev–Trinajstić information content (AvgIpc) is 3.18. The third kappa shape index (κ3) is 6.72. The Kier molecular flexibility index (Phi) is 9.15. The van der Waals surface area contributed by atoms with Gasteiger partial charge in [-0.25, -0.2) is 9.97 Å². The summed E-state index contributed by atoms with van der Waals surface area (Å²) in [4.78, 5) is 34.5. The molecule has 248 valence electrons. The lowest BCUT2D eigenvalue weighted by atomic mass is 10.1. The second kappa shape index (κ2) is 14.3. The molecule has 4 aliphatic rings. The summed E-state index contributed by atoms with van der Waals surface area (Å²) in [6.07, 6.45) is 8.42. The van der Waals surface area contributed by atoms with E-state index < -0.39 is 0 Å². The van der Waals surface area contributed by atoms with Gasteiger partial charge in [-0.3, -0.25) is 24.9 Å². The molecule has 11 heteroatoms. The standard InChI is InChI=1S/C19H19N5.C12H7BrN2.C7H13N3/c1-4-14-5-6-15-7-8-16(22-18(15)17(14)20-9-1)24-13-3-12-23-11-2-10-21-19(23)24;13-10-6-5-9-4-3-8-2-1-7-14-11(8)12(9)15-10;1-3-8-7-9-4-2-6-10(7)5-1/h1,4-9H,2-3,10-13H2;1-7H;1-6H2,(H,8,9). The number of benzene rings is 2. The first-order valence-corrected chi connectivity index (χ1v) is 18.1. The molecule has 4 aliphatic heterocycles. The first-order valence-electron chi connectivity index (χ1n) is 17.3. The fourth-order valence-corrected chi connectivity index (χ4v) is 7.23. The summed E-state index contributed by atoms with van der Waals surface area (Å²) in [6, 6.07) is 24.6. The van der Waals surface area contributed by atoms with Crippen molar-refractivity contribution >= 4 is 77.3 Å². The van der Waals surface area contributed by atoms with Crippen molar-refractivity contribution in [2.75, 3.05) is 57.3 Å². The molecule has 1 N–H and O–H groups in total. The molecule has 2 saturated heterocycles. The van der Waals surface area contributed by atoms with Crippen molar-refractivity contribution < 1.29 is 0 Å². The molecule has 10 rings (SSSR count). The van der Waals surface area contributed by atoms with Crippen molar-refractivity contribution in [3.8, 4) is 0 Å².